The average Bonchev–Trinajstić information content (AvgIpc) is 2.81. The van der Waals surface area contributed by atoms with Crippen molar-refractivity contribution in [1.82, 2.24) is 15.5 Å². The molecule has 9 nitrogen and oxygen atoms in total. The van der Waals surface area contributed by atoms with Gasteiger partial charge in [0.15, 0.2) is 17.5 Å². The highest BCUT2D eigenvalue weighted by Crippen LogP contribution is 2.32. The minimum atomic E-state index is 0. The van der Waals surface area contributed by atoms with Crippen molar-refractivity contribution >= 4 is 29.9 Å². The molecular weight excluding hydrogens is 527 g/mol. The monoisotopic (exact) mass is 566 g/mol. The second-order valence-corrected chi connectivity index (χ2v) is 7.03. The molecule has 1 atom stereocenters. The third-order valence-electron chi connectivity index (χ3n) is 5.02. The second-order valence-electron chi connectivity index (χ2n) is 7.03. The van der Waals surface area contributed by atoms with Crippen molar-refractivity contribution in [1.29, 1.82) is 0 Å². The number of hydrogen-bond donors (Lipinski definition) is 2. The highest BCUT2D eigenvalue weighted by atomic mass is 127. The van der Waals surface area contributed by atoms with Crippen LogP contribution in [-0.4, -0.2) is 97.9 Å². The normalized spacial score (nSPS) is 15.6. The maximum absolute atomic E-state index is 5.56. The maximum atomic E-state index is 5.56. The Morgan fingerprint density at radius 3 is 2.47 bits per heavy atom. The Hall–Kier alpha value is -1.34. The molecule has 1 aromatic rings. The van der Waals surface area contributed by atoms with Crippen LogP contribution in [0.15, 0.2) is 23.2 Å². The van der Waals surface area contributed by atoms with Gasteiger partial charge in [0.05, 0.1) is 59.8 Å². The molecule has 0 saturated carbocycles. The van der Waals surface area contributed by atoms with Crippen LogP contribution < -0.4 is 20.1 Å². The standard InChI is InChI=1S/C22H38N4O5.HI/c1-5-23-22(24-8-11-30-15-14-27-2)25-17-19(26-9-12-31-13-10-26)18-6-7-20(28-3)21(16-18)29-4;/h6-7,16,19H,5,8-15,17H2,1-4H3,(H2,23,24,25);1H. The van der Waals surface area contributed by atoms with Gasteiger partial charge in [0.1, 0.15) is 0 Å². The van der Waals surface area contributed by atoms with Crippen LogP contribution in [-0.2, 0) is 14.2 Å². The molecule has 0 aliphatic carbocycles. The Labute approximate surface area is 209 Å². The summed E-state index contributed by atoms with van der Waals surface area (Å²) in [4.78, 5) is 7.27. The molecular formula is C22H39IN4O5. The van der Waals surface area contributed by atoms with Crippen molar-refractivity contribution in [3.63, 3.8) is 0 Å². The van der Waals surface area contributed by atoms with Gasteiger partial charge in [-0.15, -0.1) is 24.0 Å². The zero-order valence-electron chi connectivity index (χ0n) is 19.7. The summed E-state index contributed by atoms with van der Waals surface area (Å²) in [5, 5.41) is 6.64. The van der Waals surface area contributed by atoms with E-state index in [0.717, 1.165) is 55.9 Å². The van der Waals surface area contributed by atoms with Gasteiger partial charge >= 0.3 is 0 Å². The molecule has 1 heterocycles. The van der Waals surface area contributed by atoms with Gasteiger partial charge in [0.2, 0.25) is 0 Å². The predicted octanol–water partition coefficient (Wildman–Crippen LogP) is 1.91. The largest absolute Gasteiger partial charge is 0.493 e. The molecule has 1 aromatic carbocycles. The number of halogens is 1. The van der Waals surface area contributed by atoms with Crippen molar-refractivity contribution in [3.05, 3.63) is 23.8 Å². The fourth-order valence-corrected chi connectivity index (χ4v) is 3.39. The number of benzene rings is 1. The summed E-state index contributed by atoms with van der Waals surface area (Å²) >= 11 is 0. The molecule has 1 aliphatic rings. The molecule has 32 heavy (non-hydrogen) atoms. The van der Waals surface area contributed by atoms with E-state index in [0.29, 0.717) is 32.9 Å². The van der Waals surface area contributed by atoms with Crippen molar-refractivity contribution in [2.45, 2.75) is 13.0 Å². The first-order valence-corrected chi connectivity index (χ1v) is 10.9. The van der Waals surface area contributed by atoms with Crippen molar-refractivity contribution in [3.8, 4) is 11.5 Å². The maximum Gasteiger partial charge on any atom is 0.191 e. The molecule has 1 saturated heterocycles. The lowest BCUT2D eigenvalue weighted by molar-refractivity contribution is 0.0179. The number of nitrogens with one attached hydrogen (secondary N) is 2. The Balaban J connectivity index is 0.00000512. The van der Waals surface area contributed by atoms with Gasteiger partial charge in [0, 0.05) is 33.3 Å². The summed E-state index contributed by atoms with van der Waals surface area (Å²) in [7, 11) is 4.97. The van der Waals surface area contributed by atoms with Crippen LogP contribution in [0.1, 0.15) is 18.5 Å². The molecule has 0 amide bonds. The second kappa shape index (κ2) is 17.2. The lowest BCUT2D eigenvalue weighted by Gasteiger charge is -2.34. The number of rotatable bonds is 13. The van der Waals surface area contributed by atoms with E-state index < -0.39 is 0 Å². The van der Waals surface area contributed by atoms with Gasteiger partial charge in [-0.25, -0.2) is 0 Å². The molecule has 10 heteroatoms. The third-order valence-corrected chi connectivity index (χ3v) is 5.02. The van der Waals surface area contributed by atoms with Crippen molar-refractivity contribution in [2.75, 3.05) is 87.1 Å². The Morgan fingerprint density at radius 2 is 1.81 bits per heavy atom. The lowest BCUT2D eigenvalue weighted by atomic mass is 10.0. The molecule has 184 valence electrons. The van der Waals surface area contributed by atoms with E-state index in [1.807, 2.05) is 12.1 Å². The SMILES string of the molecule is CCNC(=NCC(c1ccc(OC)c(OC)c1)N1CCOCC1)NCCOCCOC.I. The number of morpholine rings is 1. The van der Waals surface area contributed by atoms with Crippen molar-refractivity contribution < 1.29 is 23.7 Å². The Kier molecular flexibility index (Phi) is 15.4. The van der Waals surface area contributed by atoms with Crippen LogP contribution in [0.25, 0.3) is 0 Å². The summed E-state index contributed by atoms with van der Waals surface area (Å²) in [6.45, 7) is 9.09. The van der Waals surface area contributed by atoms with Crippen LogP contribution in [0, 0.1) is 0 Å². The summed E-state index contributed by atoms with van der Waals surface area (Å²) < 4.78 is 27.0. The molecule has 1 aliphatic heterocycles. The third kappa shape index (κ3) is 9.65. The van der Waals surface area contributed by atoms with Crippen LogP contribution in [0.2, 0.25) is 0 Å². The number of nitrogens with zero attached hydrogens (tertiary/aromatic N) is 2. The van der Waals surface area contributed by atoms with Crippen LogP contribution >= 0.6 is 24.0 Å². The topological polar surface area (TPSA) is 85.8 Å². The summed E-state index contributed by atoms with van der Waals surface area (Å²) in [5.74, 6) is 2.22. The van der Waals surface area contributed by atoms with E-state index in [4.69, 9.17) is 28.7 Å². The van der Waals surface area contributed by atoms with Gasteiger partial charge in [-0.2, -0.15) is 0 Å². The predicted molar refractivity (Wildman–Crippen MR) is 137 cm³/mol. The van der Waals surface area contributed by atoms with Crippen LogP contribution in [0.3, 0.4) is 0 Å². The summed E-state index contributed by atoms with van der Waals surface area (Å²) in [5.41, 5.74) is 1.14. The van der Waals surface area contributed by atoms with E-state index in [2.05, 4.69) is 28.5 Å². The van der Waals surface area contributed by atoms with E-state index in [9.17, 15) is 0 Å². The molecule has 1 fully saturated rings. The first-order valence-electron chi connectivity index (χ1n) is 10.9. The first-order chi connectivity index (χ1) is 15.2. The van der Waals surface area contributed by atoms with Crippen LogP contribution in [0.4, 0.5) is 0 Å². The Bertz CT molecular complexity index is 659. The minimum Gasteiger partial charge on any atom is -0.493 e. The molecule has 2 rings (SSSR count). The molecule has 1 unspecified atom stereocenters. The highest BCUT2D eigenvalue weighted by Gasteiger charge is 2.24. The Morgan fingerprint density at radius 1 is 1.06 bits per heavy atom. The van der Waals surface area contributed by atoms with E-state index in [1.54, 1.807) is 21.3 Å². The molecule has 2 N–H and O–H groups in total. The van der Waals surface area contributed by atoms with E-state index >= 15 is 0 Å². The number of methoxy groups -OCH3 is 3. The summed E-state index contributed by atoms with van der Waals surface area (Å²) in [6, 6.07) is 6.18. The van der Waals surface area contributed by atoms with Gasteiger partial charge in [-0.1, -0.05) is 6.07 Å². The smallest absolute Gasteiger partial charge is 0.191 e. The number of guanidine groups is 1. The van der Waals surface area contributed by atoms with Gasteiger partial charge < -0.3 is 34.3 Å². The zero-order chi connectivity index (χ0) is 22.3. The first kappa shape index (κ1) is 28.7. The number of ether oxygens (including phenoxy) is 5. The van der Waals surface area contributed by atoms with Gasteiger partial charge in [-0.05, 0) is 24.6 Å². The number of hydrogen-bond acceptors (Lipinski definition) is 7. The molecule has 0 radical (unpaired) electrons. The van der Waals surface area contributed by atoms with Crippen molar-refractivity contribution in [2.24, 2.45) is 4.99 Å². The van der Waals surface area contributed by atoms with Gasteiger partial charge in [0.25, 0.3) is 0 Å². The minimum absolute atomic E-state index is 0. The lowest BCUT2D eigenvalue weighted by Crippen LogP contribution is -2.42. The molecule has 0 aromatic heterocycles. The zero-order valence-corrected chi connectivity index (χ0v) is 22.1. The summed E-state index contributed by atoms with van der Waals surface area (Å²) in [6.07, 6.45) is 0. The quantitative estimate of drug-likeness (QED) is 0.162. The van der Waals surface area contributed by atoms with E-state index in [-0.39, 0.29) is 30.0 Å². The van der Waals surface area contributed by atoms with E-state index in [1.165, 1.54) is 0 Å². The fourth-order valence-electron chi connectivity index (χ4n) is 3.39. The van der Waals surface area contributed by atoms with Crippen LogP contribution in [0.5, 0.6) is 11.5 Å². The van der Waals surface area contributed by atoms with Gasteiger partial charge in [-0.3, -0.25) is 9.89 Å². The molecule has 0 spiro atoms. The highest BCUT2D eigenvalue weighted by molar-refractivity contribution is 14.0. The molecule has 0 bridgehead atoms. The number of aliphatic imine (C=N–C) groups is 1. The fraction of sp³-hybridized carbons (Fsp3) is 0.682. The average molecular weight is 566 g/mol.